The Hall–Kier alpha value is -1.50. The molecule has 3 aliphatic rings. The lowest BCUT2D eigenvalue weighted by molar-refractivity contribution is -0.148. The average molecular weight is 420 g/mol. The molecular weight excluding hydrogens is 382 g/mol. The summed E-state index contributed by atoms with van der Waals surface area (Å²) in [6.07, 6.45) is 1.35. The molecule has 1 amide bonds. The predicted molar refractivity (Wildman–Crippen MR) is 114 cm³/mol. The van der Waals surface area contributed by atoms with Gasteiger partial charge < -0.3 is 20.6 Å². The molecule has 2 aliphatic carbocycles. The topological polar surface area (TPSA) is 107 Å². The summed E-state index contributed by atoms with van der Waals surface area (Å²) in [5.74, 6) is -0.827. The number of allylic oxidation sites excluding steroid dienone is 4. The standard InChI is InChI=1S/C24H37NO5/c1-12(2)8-17-21-15(5)14(4)10-16-9-13(3)6-7-18(26)22(29)19(27)11-20(28)24(16,21)23(30)25-17/h9-10,12,15-19,21-22,26-27,29H,6-8,11H2,1-5H3,(H,25,30)/b13-9+/t15-,16-,17+,18-,19+,21+,22-,24+/m0/s1. The molecule has 1 spiro atoms. The van der Waals surface area contributed by atoms with Gasteiger partial charge in [-0.25, -0.2) is 0 Å². The molecule has 1 saturated heterocycles. The molecule has 6 heteroatoms. The molecule has 1 heterocycles. The third kappa shape index (κ3) is 3.78. The van der Waals surface area contributed by atoms with Gasteiger partial charge in [-0.2, -0.15) is 0 Å². The second kappa shape index (κ2) is 8.56. The van der Waals surface area contributed by atoms with Crippen LogP contribution in [0.3, 0.4) is 0 Å². The number of rotatable bonds is 2. The number of aliphatic hydroxyl groups excluding tert-OH is 3. The second-order valence-corrected chi connectivity index (χ2v) is 10.1. The largest absolute Gasteiger partial charge is 0.390 e. The molecule has 1 fully saturated rings. The lowest BCUT2D eigenvalue weighted by atomic mass is 9.54. The first-order valence-electron chi connectivity index (χ1n) is 11.2. The van der Waals surface area contributed by atoms with Gasteiger partial charge in [0.05, 0.1) is 12.2 Å². The van der Waals surface area contributed by atoms with Crippen LogP contribution in [0.2, 0.25) is 0 Å². The zero-order valence-corrected chi connectivity index (χ0v) is 18.8. The maximum atomic E-state index is 13.8. The lowest BCUT2D eigenvalue weighted by Crippen LogP contribution is -2.53. The van der Waals surface area contributed by atoms with Crippen LogP contribution in [0.5, 0.6) is 0 Å². The second-order valence-electron chi connectivity index (χ2n) is 10.1. The molecule has 0 bridgehead atoms. The summed E-state index contributed by atoms with van der Waals surface area (Å²) in [4.78, 5) is 27.3. The monoisotopic (exact) mass is 419 g/mol. The normalized spacial score (nSPS) is 44.4. The number of carbonyl (C=O) groups is 2. The molecule has 0 aromatic carbocycles. The third-order valence-electron chi connectivity index (χ3n) is 7.54. The number of Topliss-reactive ketones (excluding diaryl/α,β-unsaturated/α-hetero) is 1. The minimum atomic E-state index is -1.41. The van der Waals surface area contributed by atoms with Gasteiger partial charge in [-0.15, -0.1) is 0 Å². The lowest BCUT2D eigenvalue weighted by Gasteiger charge is -2.45. The van der Waals surface area contributed by atoms with Gasteiger partial charge in [0.1, 0.15) is 11.5 Å². The van der Waals surface area contributed by atoms with Crippen molar-refractivity contribution in [3.63, 3.8) is 0 Å². The van der Waals surface area contributed by atoms with Crippen LogP contribution in [0, 0.1) is 29.1 Å². The molecule has 0 aromatic rings. The fraction of sp³-hybridized carbons (Fsp3) is 0.750. The zero-order chi connectivity index (χ0) is 22.4. The SMILES string of the molecule is CC1=C[C@@H]2/C=C(\C)CC[C@H](O)[C@H](O)[C@H](O)CC(=O)[C@]23C(=O)N[C@H](CC(C)C)[C@H]3[C@H]1C. The highest BCUT2D eigenvalue weighted by Gasteiger charge is 2.65. The van der Waals surface area contributed by atoms with Crippen LogP contribution >= 0.6 is 0 Å². The Balaban J connectivity index is 2.18. The summed E-state index contributed by atoms with van der Waals surface area (Å²) in [6.45, 7) is 10.3. The Bertz CT molecular complexity index is 757. The Labute approximate surface area is 179 Å². The first-order chi connectivity index (χ1) is 14.0. The van der Waals surface area contributed by atoms with Crippen LogP contribution in [0.25, 0.3) is 0 Å². The molecule has 30 heavy (non-hydrogen) atoms. The van der Waals surface area contributed by atoms with Gasteiger partial charge in [0.25, 0.3) is 0 Å². The van der Waals surface area contributed by atoms with Crippen molar-refractivity contribution in [3.05, 3.63) is 23.3 Å². The Morgan fingerprint density at radius 3 is 2.43 bits per heavy atom. The van der Waals surface area contributed by atoms with Crippen molar-refractivity contribution < 1.29 is 24.9 Å². The van der Waals surface area contributed by atoms with E-state index in [1.807, 2.05) is 19.1 Å². The molecule has 168 valence electrons. The highest BCUT2D eigenvalue weighted by atomic mass is 16.4. The minimum Gasteiger partial charge on any atom is -0.390 e. The van der Waals surface area contributed by atoms with Crippen molar-refractivity contribution in [1.29, 1.82) is 0 Å². The van der Waals surface area contributed by atoms with Crippen molar-refractivity contribution in [1.82, 2.24) is 5.32 Å². The van der Waals surface area contributed by atoms with Crippen LogP contribution in [-0.2, 0) is 9.59 Å². The third-order valence-corrected chi connectivity index (χ3v) is 7.54. The Kier molecular flexibility index (Phi) is 6.61. The molecule has 3 rings (SSSR count). The molecular formula is C24H37NO5. The van der Waals surface area contributed by atoms with E-state index in [0.717, 1.165) is 12.0 Å². The smallest absolute Gasteiger partial charge is 0.235 e. The summed E-state index contributed by atoms with van der Waals surface area (Å²) in [5.41, 5.74) is 0.834. The fourth-order valence-corrected chi connectivity index (χ4v) is 5.88. The quantitative estimate of drug-likeness (QED) is 0.405. The van der Waals surface area contributed by atoms with E-state index < -0.39 is 29.6 Å². The van der Waals surface area contributed by atoms with Crippen LogP contribution < -0.4 is 5.32 Å². The van der Waals surface area contributed by atoms with Gasteiger partial charge in [0.15, 0.2) is 5.78 Å². The number of hydrogen-bond donors (Lipinski definition) is 4. The molecule has 8 atom stereocenters. The summed E-state index contributed by atoms with van der Waals surface area (Å²) in [6, 6.07) is -0.117. The number of hydrogen-bond acceptors (Lipinski definition) is 5. The van der Waals surface area contributed by atoms with Gasteiger partial charge in [0.2, 0.25) is 5.91 Å². The summed E-state index contributed by atoms with van der Waals surface area (Å²) in [5, 5.41) is 34.3. The maximum Gasteiger partial charge on any atom is 0.235 e. The molecule has 6 nitrogen and oxygen atoms in total. The van der Waals surface area contributed by atoms with Crippen molar-refractivity contribution in [2.24, 2.45) is 29.1 Å². The van der Waals surface area contributed by atoms with E-state index in [1.165, 1.54) is 5.57 Å². The van der Waals surface area contributed by atoms with E-state index >= 15 is 0 Å². The van der Waals surface area contributed by atoms with Crippen molar-refractivity contribution in [3.8, 4) is 0 Å². The molecule has 0 radical (unpaired) electrons. The van der Waals surface area contributed by atoms with Crippen LogP contribution in [0.1, 0.15) is 60.3 Å². The van der Waals surface area contributed by atoms with Gasteiger partial charge in [0, 0.05) is 24.3 Å². The average Bonchev–Trinajstić information content (AvgIpc) is 2.94. The number of nitrogens with one attached hydrogen (secondary N) is 1. The number of amides is 1. The summed E-state index contributed by atoms with van der Waals surface area (Å²) in [7, 11) is 0. The number of aliphatic hydroxyl groups is 3. The molecule has 1 aliphatic heterocycles. The van der Waals surface area contributed by atoms with Gasteiger partial charge >= 0.3 is 0 Å². The number of carbonyl (C=O) groups excluding carboxylic acids is 2. The van der Waals surface area contributed by atoms with Crippen LogP contribution in [0.15, 0.2) is 23.3 Å². The van der Waals surface area contributed by atoms with E-state index in [-0.39, 0.29) is 36.0 Å². The van der Waals surface area contributed by atoms with E-state index in [2.05, 4.69) is 33.0 Å². The van der Waals surface area contributed by atoms with Crippen LogP contribution in [-0.4, -0.2) is 51.4 Å². The van der Waals surface area contributed by atoms with E-state index in [0.29, 0.717) is 18.8 Å². The highest BCUT2D eigenvalue weighted by molar-refractivity contribution is 6.09. The van der Waals surface area contributed by atoms with Gasteiger partial charge in [-0.1, -0.05) is 44.1 Å². The Morgan fingerprint density at radius 2 is 1.80 bits per heavy atom. The van der Waals surface area contributed by atoms with E-state index in [9.17, 15) is 24.9 Å². The zero-order valence-electron chi connectivity index (χ0n) is 18.8. The predicted octanol–water partition coefficient (Wildman–Crippen LogP) is 2.13. The molecule has 0 aromatic heterocycles. The van der Waals surface area contributed by atoms with Crippen molar-refractivity contribution >= 4 is 11.7 Å². The first-order valence-corrected chi connectivity index (χ1v) is 11.2. The first kappa shape index (κ1) is 23.2. The maximum absolute atomic E-state index is 13.8. The summed E-state index contributed by atoms with van der Waals surface area (Å²) >= 11 is 0. The van der Waals surface area contributed by atoms with Crippen LogP contribution in [0.4, 0.5) is 0 Å². The Morgan fingerprint density at radius 1 is 1.13 bits per heavy atom. The van der Waals surface area contributed by atoms with Gasteiger partial charge in [-0.05, 0) is 44.9 Å². The molecule has 0 saturated carbocycles. The van der Waals surface area contributed by atoms with Gasteiger partial charge in [-0.3, -0.25) is 9.59 Å². The summed E-state index contributed by atoms with van der Waals surface area (Å²) < 4.78 is 0. The van der Waals surface area contributed by atoms with Crippen molar-refractivity contribution in [2.75, 3.05) is 0 Å². The van der Waals surface area contributed by atoms with E-state index in [1.54, 1.807) is 0 Å². The fourth-order valence-electron chi connectivity index (χ4n) is 5.88. The number of ketones is 1. The van der Waals surface area contributed by atoms with Crippen molar-refractivity contribution in [2.45, 2.75) is 84.7 Å². The van der Waals surface area contributed by atoms with E-state index in [4.69, 9.17) is 0 Å². The highest BCUT2D eigenvalue weighted by Crippen LogP contribution is 2.55. The molecule has 0 unspecified atom stereocenters. The molecule has 4 N–H and O–H groups in total. The minimum absolute atomic E-state index is 0.0411.